The fourth-order valence-corrected chi connectivity index (χ4v) is 2.04. The highest BCUT2D eigenvalue weighted by molar-refractivity contribution is 9.10. The van der Waals surface area contributed by atoms with Gasteiger partial charge < -0.3 is 11.1 Å². The minimum Gasteiger partial charge on any atom is -0.398 e. The van der Waals surface area contributed by atoms with Gasteiger partial charge in [0.2, 0.25) is 5.91 Å². The molecule has 0 saturated heterocycles. The van der Waals surface area contributed by atoms with Crippen molar-refractivity contribution in [2.24, 2.45) is 0 Å². The van der Waals surface area contributed by atoms with Crippen molar-refractivity contribution in [2.75, 3.05) is 11.1 Å². The van der Waals surface area contributed by atoms with E-state index < -0.39 is 0 Å². The van der Waals surface area contributed by atoms with Crippen LogP contribution in [0.1, 0.15) is 5.56 Å². The van der Waals surface area contributed by atoms with Crippen LogP contribution in [0.3, 0.4) is 0 Å². The van der Waals surface area contributed by atoms with Gasteiger partial charge in [-0.1, -0.05) is 40.2 Å². The average Bonchev–Trinajstić information content (AvgIpc) is 2.32. The van der Waals surface area contributed by atoms with Gasteiger partial charge in [-0.05, 0) is 29.8 Å². The highest BCUT2D eigenvalue weighted by Gasteiger charge is 2.06. The van der Waals surface area contributed by atoms with Gasteiger partial charge in [0.05, 0.1) is 6.42 Å². The summed E-state index contributed by atoms with van der Waals surface area (Å²) in [6, 6.07) is 14.9. The van der Waals surface area contributed by atoms with Crippen molar-refractivity contribution in [1.29, 1.82) is 0 Å². The summed E-state index contributed by atoms with van der Waals surface area (Å²) in [6.45, 7) is 0. The molecule has 0 radical (unpaired) electrons. The smallest absolute Gasteiger partial charge is 0.228 e. The average molecular weight is 305 g/mol. The van der Waals surface area contributed by atoms with E-state index in [4.69, 9.17) is 5.73 Å². The van der Waals surface area contributed by atoms with E-state index >= 15 is 0 Å². The molecule has 0 fully saturated rings. The van der Waals surface area contributed by atoms with Crippen LogP contribution in [0.4, 0.5) is 11.4 Å². The van der Waals surface area contributed by atoms with Crippen LogP contribution in [0.15, 0.2) is 53.0 Å². The Labute approximate surface area is 114 Å². The van der Waals surface area contributed by atoms with E-state index in [1.807, 2.05) is 42.5 Å². The van der Waals surface area contributed by atoms with Crippen molar-refractivity contribution in [2.45, 2.75) is 6.42 Å². The minimum absolute atomic E-state index is 0.0778. The SMILES string of the molecule is Nc1ccccc1CC(=O)Nc1cccc(Br)c1. The predicted molar refractivity (Wildman–Crippen MR) is 77.3 cm³/mol. The van der Waals surface area contributed by atoms with Gasteiger partial charge in [0.25, 0.3) is 0 Å². The van der Waals surface area contributed by atoms with Crippen LogP contribution in [0, 0.1) is 0 Å². The Morgan fingerprint density at radius 2 is 1.94 bits per heavy atom. The summed E-state index contributed by atoms with van der Waals surface area (Å²) < 4.78 is 0.930. The lowest BCUT2D eigenvalue weighted by atomic mass is 10.1. The van der Waals surface area contributed by atoms with Gasteiger partial charge in [0.1, 0.15) is 0 Å². The molecule has 0 aliphatic rings. The molecule has 0 saturated carbocycles. The number of rotatable bonds is 3. The molecule has 92 valence electrons. The molecule has 2 aromatic rings. The van der Waals surface area contributed by atoms with Gasteiger partial charge in [-0.3, -0.25) is 4.79 Å². The number of nitrogens with two attached hydrogens (primary N) is 1. The fraction of sp³-hybridized carbons (Fsp3) is 0.0714. The van der Waals surface area contributed by atoms with Crippen LogP contribution in [0.25, 0.3) is 0 Å². The normalized spacial score (nSPS) is 10.1. The molecule has 0 unspecified atom stereocenters. The first-order valence-corrected chi connectivity index (χ1v) is 6.33. The summed E-state index contributed by atoms with van der Waals surface area (Å²) in [6.07, 6.45) is 0.277. The zero-order valence-electron chi connectivity index (χ0n) is 9.69. The first kappa shape index (κ1) is 12.6. The van der Waals surface area contributed by atoms with Crippen molar-refractivity contribution in [3.8, 4) is 0 Å². The Morgan fingerprint density at radius 1 is 1.17 bits per heavy atom. The molecule has 0 aromatic heterocycles. The molecule has 4 heteroatoms. The third-order valence-electron chi connectivity index (χ3n) is 2.51. The molecule has 0 spiro atoms. The Hall–Kier alpha value is -1.81. The lowest BCUT2D eigenvalue weighted by Crippen LogP contribution is -2.15. The summed E-state index contributed by atoms with van der Waals surface area (Å²) >= 11 is 3.36. The van der Waals surface area contributed by atoms with Gasteiger partial charge in [-0.15, -0.1) is 0 Å². The zero-order valence-corrected chi connectivity index (χ0v) is 11.3. The second-order valence-corrected chi connectivity index (χ2v) is 4.85. The highest BCUT2D eigenvalue weighted by atomic mass is 79.9. The Bertz CT molecular complexity index is 569. The summed E-state index contributed by atoms with van der Waals surface area (Å²) in [5.74, 6) is -0.0778. The van der Waals surface area contributed by atoms with E-state index in [9.17, 15) is 4.79 Å². The van der Waals surface area contributed by atoms with Crippen LogP contribution in [-0.4, -0.2) is 5.91 Å². The van der Waals surface area contributed by atoms with Gasteiger partial charge in [-0.25, -0.2) is 0 Å². The number of anilines is 2. The van der Waals surface area contributed by atoms with Crippen LogP contribution in [0.5, 0.6) is 0 Å². The quantitative estimate of drug-likeness (QED) is 0.856. The second-order valence-electron chi connectivity index (χ2n) is 3.93. The second kappa shape index (κ2) is 5.69. The Kier molecular flexibility index (Phi) is 3.99. The molecule has 18 heavy (non-hydrogen) atoms. The summed E-state index contributed by atoms with van der Waals surface area (Å²) in [5, 5.41) is 2.83. The number of carbonyl (C=O) groups excluding carboxylic acids is 1. The first-order chi connectivity index (χ1) is 8.65. The number of nitrogens with one attached hydrogen (secondary N) is 1. The number of hydrogen-bond donors (Lipinski definition) is 2. The molecular formula is C14H13BrN2O. The van der Waals surface area contributed by atoms with E-state index in [0.29, 0.717) is 5.69 Å². The number of halogens is 1. The minimum atomic E-state index is -0.0778. The van der Waals surface area contributed by atoms with E-state index in [1.54, 1.807) is 6.07 Å². The molecule has 0 heterocycles. The monoisotopic (exact) mass is 304 g/mol. The lowest BCUT2D eigenvalue weighted by molar-refractivity contribution is -0.115. The highest BCUT2D eigenvalue weighted by Crippen LogP contribution is 2.17. The Balaban J connectivity index is 2.03. The lowest BCUT2D eigenvalue weighted by Gasteiger charge is -2.07. The molecule has 2 aromatic carbocycles. The Morgan fingerprint density at radius 3 is 2.67 bits per heavy atom. The zero-order chi connectivity index (χ0) is 13.0. The topological polar surface area (TPSA) is 55.1 Å². The molecule has 2 rings (SSSR count). The van der Waals surface area contributed by atoms with Gasteiger partial charge >= 0.3 is 0 Å². The van der Waals surface area contributed by atoms with Gasteiger partial charge in [-0.2, -0.15) is 0 Å². The van der Waals surface area contributed by atoms with Crippen LogP contribution < -0.4 is 11.1 Å². The van der Waals surface area contributed by atoms with Crippen molar-refractivity contribution < 1.29 is 4.79 Å². The molecule has 0 aliphatic heterocycles. The maximum absolute atomic E-state index is 11.9. The fourth-order valence-electron chi connectivity index (χ4n) is 1.64. The summed E-state index contributed by atoms with van der Waals surface area (Å²) in [5.41, 5.74) is 8.04. The molecule has 0 aliphatic carbocycles. The van der Waals surface area contributed by atoms with Gasteiger partial charge in [0, 0.05) is 15.8 Å². The molecule has 1 amide bonds. The van der Waals surface area contributed by atoms with E-state index in [0.717, 1.165) is 15.7 Å². The van der Waals surface area contributed by atoms with Crippen LogP contribution >= 0.6 is 15.9 Å². The van der Waals surface area contributed by atoms with Crippen molar-refractivity contribution in [3.05, 3.63) is 58.6 Å². The van der Waals surface area contributed by atoms with Crippen molar-refractivity contribution in [1.82, 2.24) is 0 Å². The summed E-state index contributed by atoms with van der Waals surface area (Å²) in [4.78, 5) is 11.9. The molecule has 3 N–H and O–H groups in total. The van der Waals surface area contributed by atoms with Crippen LogP contribution in [-0.2, 0) is 11.2 Å². The number of nitrogen functional groups attached to an aromatic ring is 1. The van der Waals surface area contributed by atoms with Crippen LogP contribution in [0.2, 0.25) is 0 Å². The van der Waals surface area contributed by atoms with Gasteiger partial charge in [0.15, 0.2) is 0 Å². The predicted octanol–water partition coefficient (Wildman–Crippen LogP) is 3.21. The molecule has 3 nitrogen and oxygen atoms in total. The molecule has 0 atom stereocenters. The van der Waals surface area contributed by atoms with E-state index in [1.165, 1.54) is 0 Å². The maximum atomic E-state index is 11.9. The van der Waals surface area contributed by atoms with Crippen molar-refractivity contribution in [3.63, 3.8) is 0 Å². The number of amides is 1. The van der Waals surface area contributed by atoms with E-state index in [-0.39, 0.29) is 12.3 Å². The molecule has 0 bridgehead atoms. The first-order valence-electron chi connectivity index (χ1n) is 5.54. The standard InChI is InChI=1S/C14H13BrN2O/c15-11-5-3-6-12(9-11)17-14(18)8-10-4-1-2-7-13(10)16/h1-7,9H,8,16H2,(H,17,18). The number of carbonyl (C=O) groups is 1. The third-order valence-corrected chi connectivity index (χ3v) is 3.01. The maximum Gasteiger partial charge on any atom is 0.228 e. The number of benzene rings is 2. The van der Waals surface area contributed by atoms with E-state index in [2.05, 4.69) is 21.2 Å². The largest absolute Gasteiger partial charge is 0.398 e. The number of hydrogen-bond acceptors (Lipinski definition) is 2. The third kappa shape index (κ3) is 3.34. The summed E-state index contributed by atoms with van der Waals surface area (Å²) in [7, 11) is 0. The van der Waals surface area contributed by atoms with Crippen molar-refractivity contribution >= 4 is 33.2 Å². The number of para-hydroxylation sites is 1. The molecular weight excluding hydrogens is 292 g/mol.